The highest BCUT2D eigenvalue weighted by atomic mass is 35.5. The number of hydrogen-bond acceptors (Lipinski definition) is 4. The molecule has 2 aromatic rings. The van der Waals surface area contributed by atoms with Crippen molar-refractivity contribution in [3.8, 4) is 6.07 Å². The third-order valence-electron chi connectivity index (χ3n) is 3.53. The van der Waals surface area contributed by atoms with Crippen molar-refractivity contribution in [1.29, 1.82) is 5.26 Å². The third-order valence-corrected chi connectivity index (χ3v) is 3.84. The Bertz CT molecular complexity index is 918. The van der Waals surface area contributed by atoms with E-state index >= 15 is 0 Å². The number of fused-ring (bicyclic) bond motifs is 1. The SMILES string of the molecule is N#Cc1cccc(NC(=O)CN2C(=O)c3cccc(Cl)c3C2=O)c1. The number of amides is 3. The molecule has 24 heavy (non-hydrogen) atoms. The zero-order valence-electron chi connectivity index (χ0n) is 12.2. The second-order valence-electron chi connectivity index (χ2n) is 5.10. The van der Waals surface area contributed by atoms with Crippen molar-refractivity contribution >= 4 is 35.0 Å². The Morgan fingerprint density at radius 1 is 1.17 bits per heavy atom. The maximum Gasteiger partial charge on any atom is 0.263 e. The number of nitriles is 1. The summed E-state index contributed by atoms with van der Waals surface area (Å²) in [5.74, 6) is -1.70. The molecule has 1 aliphatic rings. The molecule has 0 bridgehead atoms. The van der Waals surface area contributed by atoms with Crippen LogP contribution in [-0.2, 0) is 4.79 Å². The molecule has 1 N–H and O–H groups in total. The van der Waals surface area contributed by atoms with Crippen LogP contribution >= 0.6 is 11.6 Å². The van der Waals surface area contributed by atoms with E-state index < -0.39 is 24.3 Å². The first-order valence-corrected chi connectivity index (χ1v) is 7.34. The van der Waals surface area contributed by atoms with Gasteiger partial charge in [0, 0.05) is 5.69 Å². The summed E-state index contributed by atoms with van der Waals surface area (Å²) in [6, 6.07) is 12.9. The fraction of sp³-hybridized carbons (Fsp3) is 0.0588. The second kappa shape index (κ2) is 6.14. The Morgan fingerprint density at radius 2 is 1.92 bits per heavy atom. The molecule has 0 aromatic heterocycles. The van der Waals surface area contributed by atoms with E-state index in [9.17, 15) is 14.4 Å². The van der Waals surface area contributed by atoms with Gasteiger partial charge in [-0.3, -0.25) is 19.3 Å². The molecule has 118 valence electrons. The van der Waals surface area contributed by atoms with Gasteiger partial charge >= 0.3 is 0 Å². The number of nitrogens with zero attached hydrogens (tertiary/aromatic N) is 2. The van der Waals surface area contributed by atoms with Gasteiger partial charge in [0.15, 0.2) is 0 Å². The lowest BCUT2D eigenvalue weighted by molar-refractivity contribution is -0.116. The maximum atomic E-state index is 12.3. The number of nitrogens with one attached hydrogen (secondary N) is 1. The molecule has 0 aliphatic carbocycles. The highest BCUT2D eigenvalue weighted by Gasteiger charge is 2.38. The summed E-state index contributed by atoms with van der Waals surface area (Å²) >= 11 is 5.96. The molecular formula is C17H10ClN3O3. The molecule has 0 atom stereocenters. The van der Waals surface area contributed by atoms with Crippen molar-refractivity contribution in [2.45, 2.75) is 0 Å². The van der Waals surface area contributed by atoms with Gasteiger partial charge in [0.2, 0.25) is 5.91 Å². The summed E-state index contributed by atoms with van der Waals surface area (Å²) in [6.45, 7) is -0.431. The van der Waals surface area contributed by atoms with Gasteiger partial charge in [0.05, 0.1) is 27.8 Å². The van der Waals surface area contributed by atoms with Crippen LogP contribution in [0.4, 0.5) is 5.69 Å². The number of benzene rings is 2. The fourth-order valence-electron chi connectivity index (χ4n) is 2.45. The van der Waals surface area contributed by atoms with Crippen molar-refractivity contribution in [3.05, 3.63) is 64.2 Å². The molecule has 2 aromatic carbocycles. The van der Waals surface area contributed by atoms with Crippen LogP contribution in [0, 0.1) is 11.3 Å². The minimum Gasteiger partial charge on any atom is -0.324 e. The first-order chi connectivity index (χ1) is 11.5. The molecule has 7 heteroatoms. The lowest BCUT2D eigenvalue weighted by Crippen LogP contribution is -2.37. The zero-order valence-corrected chi connectivity index (χ0v) is 13.0. The minimum atomic E-state index is -0.596. The van der Waals surface area contributed by atoms with Crippen molar-refractivity contribution in [2.24, 2.45) is 0 Å². The summed E-state index contributed by atoms with van der Waals surface area (Å²) in [5.41, 5.74) is 1.10. The average molecular weight is 340 g/mol. The lowest BCUT2D eigenvalue weighted by Gasteiger charge is -2.13. The Labute approximate surface area is 142 Å². The molecule has 3 rings (SSSR count). The van der Waals surface area contributed by atoms with E-state index in [2.05, 4.69) is 5.32 Å². The van der Waals surface area contributed by atoms with E-state index in [0.717, 1.165) is 4.90 Å². The zero-order chi connectivity index (χ0) is 17.3. The third kappa shape index (κ3) is 2.73. The van der Waals surface area contributed by atoms with Crippen molar-refractivity contribution in [2.75, 3.05) is 11.9 Å². The second-order valence-corrected chi connectivity index (χ2v) is 5.51. The number of carbonyl (C=O) groups is 3. The topological polar surface area (TPSA) is 90.3 Å². The average Bonchev–Trinajstić information content (AvgIpc) is 2.81. The first kappa shape index (κ1) is 15.7. The highest BCUT2D eigenvalue weighted by Crippen LogP contribution is 2.28. The fourth-order valence-corrected chi connectivity index (χ4v) is 2.70. The summed E-state index contributed by atoms with van der Waals surface area (Å²) in [7, 11) is 0. The molecule has 1 aliphatic heterocycles. The van der Waals surface area contributed by atoms with Crippen molar-refractivity contribution in [1.82, 2.24) is 4.90 Å². The molecule has 1 heterocycles. The molecule has 0 unspecified atom stereocenters. The number of anilines is 1. The number of halogens is 1. The van der Waals surface area contributed by atoms with Gasteiger partial charge in [-0.15, -0.1) is 0 Å². The number of rotatable bonds is 3. The number of imide groups is 1. The summed E-state index contributed by atoms with van der Waals surface area (Å²) in [6.07, 6.45) is 0. The molecule has 0 fully saturated rings. The first-order valence-electron chi connectivity index (χ1n) is 6.96. The molecule has 3 amide bonds. The Hall–Kier alpha value is -3.17. The standard InChI is InChI=1S/C17H10ClN3O3/c18-13-6-2-5-12-15(13)17(24)21(16(12)23)9-14(22)20-11-4-1-3-10(7-11)8-19/h1-7H,9H2,(H,20,22). The Morgan fingerprint density at radius 3 is 2.62 bits per heavy atom. The van der Waals surface area contributed by atoms with E-state index in [-0.39, 0.29) is 16.1 Å². The molecule has 0 saturated heterocycles. The van der Waals surface area contributed by atoms with Crippen LogP contribution in [-0.4, -0.2) is 29.2 Å². The highest BCUT2D eigenvalue weighted by molar-refractivity contribution is 6.37. The van der Waals surface area contributed by atoms with Crippen LogP contribution < -0.4 is 5.32 Å². The van der Waals surface area contributed by atoms with E-state index in [0.29, 0.717) is 11.3 Å². The largest absolute Gasteiger partial charge is 0.324 e. The van der Waals surface area contributed by atoms with Crippen LogP contribution in [0.1, 0.15) is 26.3 Å². The van der Waals surface area contributed by atoms with Gasteiger partial charge in [-0.25, -0.2) is 0 Å². The van der Waals surface area contributed by atoms with Gasteiger partial charge in [-0.05, 0) is 30.3 Å². The van der Waals surface area contributed by atoms with Gasteiger partial charge in [-0.2, -0.15) is 5.26 Å². The van der Waals surface area contributed by atoms with Crippen LogP contribution in [0.2, 0.25) is 5.02 Å². The van der Waals surface area contributed by atoms with Crippen molar-refractivity contribution < 1.29 is 14.4 Å². The van der Waals surface area contributed by atoms with Crippen LogP contribution in [0.15, 0.2) is 42.5 Å². The van der Waals surface area contributed by atoms with Crippen LogP contribution in [0.5, 0.6) is 0 Å². The predicted octanol–water partition coefficient (Wildman–Crippen LogP) is 2.45. The quantitative estimate of drug-likeness (QED) is 0.870. The van der Waals surface area contributed by atoms with Crippen LogP contribution in [0.3, 0.4) is 0 Å². The van der Waals surface area contributed by atoms with Crippen molar-refractivity contribution in [3.63, 3.8) is 0 Å². The maximum absolute atomic E-state index is 12.3. The van der Waals surface area contributed by atoms with E-state index in [4.69, 9.17) is 16.9 Å². The summed E-state index contributed by atoms with van der Waals surface area (Å²) in [5, 5.41) is 11.6. The van der Waals surface area contributed by atoms with Gasteiger partial charge in [-0.1, -0.05) is 23.7 Å². The van der Waals surface area contributed by atoms with E-state index in [1.807, 2.05) is 6.07 Å². The number of hydrogen-bond donors (Lipinski definition) is 1. The molecule has 6 nitrogen and oxygen atoms in total. The van der Waals surface area contributed by atoms with Gasteiger partial charge in [0.1, 0.15) is 6.54 Å². The monoisotopic (exact) mass is 339 g/mol. The molecule has 0 saturated carbocycles. The summed E-state index contributed by atoms with van der Waals surface area (Å²) < 4.78 is 0. The predicted molar refractivity (Wildman–Crippen MR) is 86.6 cm³/mol. The molecular weight excluding hydrogens is 330 g/mol. The Kier molecular flexibility index (Phi) is 4.02. The van der Waals surface area contributed by atoms with Crippen LogP contribution in [0.25, 0.3) is 0 Å². The molecule has 0 radical (unpaired) electrons. The van der Waals surface area contributed by atoms with Gasteiger partial charge < -0.3 is 5.32 Å². The Balaban J connectivity index is 1.76. The van der Waals surface area contributed by atoms with E-state index in [1.54, 1.807) is 24.3 Å². The van der Waals surface area contributed by atoms with Gasteiger partial charge in [0.25, 0.3) is 11.8 Å². The minimum absolute atomic E-state index is 0.114. The lowest BCUT2D eigenvalue weighted by atomic mass is 10.1. The van der Waals surface area contributed by atoms with E-state index in [1.165, 1.54) is 18.2 Å². The molecule has 0 spiro atoms. The summed E-state index contributed by atoms with van der Waals surface area (Å²) in [4.78, 5) is 37.6. The smallest absolute Gasteiger partial charge is 0.263 e. The number of carbonyl (C=O) groups excluding carboxylic acids is 3. The normalized spacial score (nSPS) is 12.8.